The van der Waals surface area contributed by atoms with E-state index in [0.29, 0.717) is 0 Å². The summed E-state index contributed by atoms with van der Waals surface area (Å²) in [5, 5.41) is 10.1. The highest BCUT2D eigenvalue weighted by atomic mass is 16.3. The summed E-state index contributed by atoms with van der Waals surface area (Å²) in [6.45, 7) is 4.08. The maximum Gasteiger partial charge on any atom is 0.0807 e. The summed E-state index contributed by atoms with van der Waals surface area (Å²) in [7, 11) is 2.04. The number of hydrogen-bond donors (Lipinski definition) is 1. The largest absolute Gasteiger partial charge is 0.388 e. The summed E-state index contributed by atoms with van der Waals surface area (Å²) in [5.74, 6) is 0. The van der Waals surface area contributed by atoms with Gasteiger partial charge in [0.05, 0.1) is 6.10 Å². The van der Waals surface area contributed by atoms with E-state index >= 15 is 0 Å². The van der Waals surface area contributed by atoms with E-state index in [0.717, 1.165) is 23.4 Å². The number of aryl methyl sites for hydroxylation is 1. The molecule has 0 aliphatic heterocycles. The quantitative estimate of drug-likeness (QED) is 0.884. The molecule has 0 aliphatic carbocycles. The van der Waals surface area contributed by atoms with Gasteiger partial charge in [-0.2, -0.15) is 0 Å². The Kier molecular flexibility index (Phi) is 4.23. The predicted molar refractivity (Wildman–Crippen MR) is 80.9 cm³/mol. The first-order chi connectivity index (χ1) is 9.13. The SMILES string of the molecule is CC[C@@H](O)c1ccccc1N(C)c1cccc(C)c1. The molecule has 19 heavy (non-hydrogen) atoms. The highest BCUT2D eigenvalue weighted by Crippen LogP contribution is 2.32. The molecule has 0 radical (unpaired) electrons. The topological polar surface area (TPSA) is 23.5 Å². The van der Waals surface area contributed by atoms with Crippen LogP contribution in [0.1, 0.15) is 30.6 Å². The van der Waals surface area contributed by atoms with Gasteiger partial charge in [0.2, 0.25) is 0 Å². The van der Waals surface area contributed by atoms with E-state index in [1.165, 1.54) is 5.56 Å². The molecule has 0 bridgehead atoms. The average Bonchev–Trinajstić information content (AvgIpc) is 2.45. The molecule has 0 saturated carbocycles. The zero-order valence-electron chi connectivity index (χ0n) is 11.8. The van der Waals surface area contributed by atoms with E-state index in [1.54, 1.807) is 0 Å². The molecular formula is C17H21NO. The number of rotatable bonds is 4. The summed E-state index contributed by atoms with van der Waals surface area (Å²) in [6.07, 6.45) is 0.307. The molecule has 0 heterocycles. The number of benzene rings is 2. The van der Waals surface area contributed by atoms with Gasteiger partial charge in [0, 0.05) is 24.0 Å². The van der Waals surface area contributed by atoms with Gasteiger partial charge in [0.1, 0.15) is 0 Å². The highest BCUT2D eigenvalue weighted by molar-refractivity contribution is 5.66. The molecule has 0 aliphatic rings. The second-order valence-electron chi connectivity index (χ2n) is 4.88. The van der Waals surface area contributed by atoms with Crippen LogP contribution in [-0.2, 0) is 0 Å². The van der Waals surface area contributed by atoms with Crippen LogP contribution in [0.3, 0.4) is 0 Å². The van der Waals surface area contributed by atoms with Gasteiger partial charge in [0.25, 0.3) is 0 Å². The fourth-order valence-corrected chi connectivity index (χ4v) is 2.27. The zero-order chi connectivity index (χ0) is 13.8. The normalized spacial score (nSPS) is 12.2. The Morgan fingerprint density at radius 2 is 1.84 bits per heavy atom. The minimum atomic E-state index is -0.413. The number of para-hydroxylation sites is 1. The fourth-order valence-electron chi connectivity index (χ4n) is 2.27. The first-order valence-electron chi connectivity index (χ1n) is 6.71. The Morgan fingerprint density at radius 3 is 2.53 bits per heavy atom. The van der Waals surface area contributed by atoms with Crippen molar-refractivity contribution in [1.29, 1.82) is 0 Å². The molecule has 2 rings (SSSR count). The Morgan fingerprint density at radius 1 is 1.11 bits per heavy atom. The number of aliphatic hydroxyl groups excluding tert-OH is 1. The van der Waals surface area contributed by atoms with Gasteiger partial charge in [-0.05, 0) is 37.1 Å². The van der Waals surface area contributed by atoms with Gasteiger partial charge in [-0.1, -0.05) is 37.3 Å². The van der Waals surface area contributed by atoms with Crippen molar-refractivity contribution >= 4 is 11.4 Å². The van der Waals surface area contributed by atoms with Crippen molar-refractivity contribution in [3.8, 4) is 0 Å². The summed E-state index contributed by atoms with van der Waals surface area (Å²) in [5.41, 5.74) is 4.41. The van der Waals surface area contributed by atoms with Gasteiger partial charge in [-0.25, -0.2) is 0 Å². The van der Waals surface area contributed by atoms with E-state index in [1.807, 2.05) is 32.2 Å². The Balaban J connectivity index is 2.41. The number of nitrogens with zero attached hydrogens (tertiary/aromatic N) is 1. The van der Waals surface area contributed by atoms with Crippen molar-refractivity contribution in [2.45, 2.75) is 26.4 Å². The lowest BCUT2D eigenvalue weighted by Crippen LogP contribution is -2.13. The van der Waals surface area contributed by atoms with Crippen LogP contribution in [0.5, 0.6) is 0 Å². The van der Waals surface area contributed by atoms with Crippen LogP contribution in [0.15, 0.2) is 48.5 Å². The third-order valence-electron chi connectivity index (χ3n) is 3.43. The third kappa shape index (κ3) is 2.96. The van der Waals surface area contributed by atoms with E-state index in [4.69, 9.17) is 0 Å². The Labute approximate surface area is 115 Å². The Bertz CT molecular complexity index is 550. The van der Waals surface area contributed by atoms with Gasteiger partial charge >= 0.3 is 0 Å². The molecule has 0 spiro atoms. The van der Waals surface area contributed by atoms with Gasteiger partial charge in [-0.15, -0.1) is 0 Å². The minimum Gasteiger partial charge on any atom is -0.388 e. The van der Waals surface area contributed by atoms with Crippen molar-refractivity contribution in [3.63, 3.8) is 0 Å². The monoisotopic (exact) mass is 255 g/mol. The van der Waals surface area contributed by atoms with Gasteiger partial charge in [0.15, 0.2) is 0 Å². The average molecular weight is 255 g/mol. The summed E-state index contributed by atoms with van der Waals surface area (Å²) in [6, 6.07) is 16.4. The second-order valence-corrected chi connectivity index (χ2v) is 4.88. The van der Waals surface area contributed by atoms with Crippen molar-refractivity contribution in [1.82, 2.24) is 0 Å². The molecule has 0 saturated heterocycles. The van der Waals surface area contributed by atoms with Crippen molar-refractivity contribution in [2.24, 2.45) is 0 Å². The standard InChI is InChI=1S/C17H21NO/c1-4-17(19)15-10-5-6-11-16(15)18(3)14-9-7-8-13(2)12-14/h5-12,17,19H,4H2,1-3H3/t17-/m1/s1. The molecule has 0 fully saturated rings. The zero-order valence-corrected chi connectivity index (χ0v) is 11.8. The van der Waals surface area contributed by atoms with Crippen molar-refractivity contribution in [3.05, 3.63) is 59.7 Å². The van der Waals surface area contributed by atoms with Crippen LogP contribution in [0.4, 0.5) is 11.4 Å². The van der Waals surface area contributed by atoms with Gasteiger partial charge < -0.3 is 10.0 Å². The number of hydrogen-bond acceptors (Lipinski definition) is 2. The summed E-state index contributed by atoms with van der Waals surface area (Å²) >= 11 is 0. The van der Waals surface area contributed by atoms with Crippen LogP contribution in [-0.4, -0.2) is 12.2 Å². The smallest absolute Gasteiger partial charge is 0.0807 e. The molecule has 2 nitrogen and oxygen atoms in total. The van der Waals surface area contributed by atoms with Crippen LogP contribution >= 0.6 is 0 Å². The molecule has 0 unspecified atom stereocenters. The van der Waals surface area contributed by atoms with E-state index in [-0.39, 0.29) is 0 Å². The molecule has 1 N–H and O–H groups in total. The summed E-state index contributed by atoms with van der Waals surface area (Å²) in [4.78, 5) is 2.13. The summed E-state index contributed by atoms with van der Waals surface area (Å²) < 4.78 is 0. The minimum absolute atomic E-state index is 0.413. The first-order valence-corrected chi connectivity index (χ1v) is 6.71. The molecule has 100 valence electrons. The number of anilines is 2. The second kappa shape index (κ2) is 5.89. The van der Waals surface area contributed by atoms with Gasteiger partial charge in [-0.3, -0.25) is 0 Å². The van der Waals surface area contributed by atoms with E-state index < -0.39 is 6.10 Å². The van der Waals surface area contributed by atoms with Crippen LogP contribution < -0.4 is 4.90 Å². The molecule has 2 aromatic rings. The van der Waals surface area contributed by atoms with Crippen molar-refractivity contribution in [2.75, 3.05) is 11.9 Å². The molecule has 0 aromatic heterocycles. The van der Waals surface area contributed by atoms with E-state index in [2.05, 4.69) is 42.2 Å². The molecule has 2 heteroatoms. The molecular weight excluding hydrogens is 234 g/mol. The van der Waals surface area contributed by atoms with Crippen molar-refractivity contribution < 1.29 is 5.11 Å². The lowest BCUT2D eigenvalue weighted by molar-refractivity contribution is 0.174. The predicted octanol–water partition coefficient (Wildman–Crippen LogP) is 4.21. The number of aliphatic hydroxyl groups is 1. The Hall–Kier alpha value is -1.80. The fraction of sp³-hybridized carbons (Fsp3) is 0.294. The molecule has 2 aromatic carbocycles. The lowest BCUT2D eigenvalue weighted by atomic mass is 10.0. The first kappa shape index (κ1) is 13.6. The lowest BCUT2D eigenvalue weighted by Gasteiger charge is -2.24. The van der Waals surface area contributed by atoms with Crippen LogP contribution in [0, 0.1) is 6.92 Å². The molecule has 1 atom stereocenters. The van der Waals surface area contributed by atoms with Crippen LogP contribution in [0.2, 0.25) is 0 Å². The van der Waals surface area contributed by atoms with E-state index in [9.17, 15) is 5.11 Å². The highest BCUT2D eigenvalue weighted by Gasteiger charge is 2.14. The maximum atomic E-state index is 10.1. The van der Waals surface area contributed by atoms with Crippen LogP contribution in [0.25, 0.3) is 0 Å². The third-order valence-corrected chi connectivity index (χ3v) is 3.43. The molecule has 0 amide bonds. The maximum absolute atomic E-state index is 10.1.